The van der Waals surface area contributed by atoms with Gasteiger partial charge in [0.05, 0.1) is 28.7 Å². The number of urea groups is 1. The number of alkyl halides is 3. The molecule has 0 radical (unpaired) electrons. The third-order valence-corrected chi connectivity index (χ3v) is 6.24. The van der Waals surface area contributed by atoms with Gasteiger partial charge in [-0.15, -0.1) is 0 Å². The number of nitrogens with one attached hydrogen (secondary N) is 1. The lowest BCUT2D eigenvalue weighted by molar-refractivity contribution is -0.137. The second-order valence-electron chi connectivity index (χ2n) is 8.24. The van der Waals surface area contributed by atoms with Crippen molar-refractivity contribution in [2.24, 2.45) is 0 Å². The molecule has 1 aliphatic rings. The molecule has 1 aliphatic heterocycles. The van der Waals surface area contributed by atoms with Crippen LogP contribution < -0.4 is 5.32 Å². The number of piperazine rings is 1. The Balaban J connectivity index is 1.54. The molecule has 9 heteroatoms. The number of amides is 3. The highest BCUT2D eigenvalue weighted by Crippen LogP contribution is 2.34. The summed E-state index contributed by atoms with van der Waals surface area (Å²) in [6, 6.07) is 20.3. The Morgan fingerprint density at radius 1 is 0.943 bits per heavy atom. The number of carbonyl (C=O) groups is 2. The van der Waals surface area contributed by atoms with Crippen LogP contribution in [0, 0.1) is 0 Å². The van der Waals surface area contributed by atoms with E-state index < -0.39 is 23.8 Å². The van der Waals surface area contributed by atoms with E-state index in [2.05, 4.69) is 5.32 Å². The molecular weight excluding hydrogens is 479 g/mol. The van der Waals surface area contributed by atoms with Crippen molar-refractivity contribution < 1.29 is 22.8 Å². The van der Waals surface area contributed by atoms with E-state index in [1.54, 1.807) is 4.90 Å². The Hall–Kier alpha value is -3.52. The first-order valence-corrected chi connectivity index (χ1v) is 11.4. The van der Waals surface area contributed by atoms with Crippen molar-refractivity contribution in [2.75, 3.05) is 25.0 Å². The average Bonchev–Trinajstić information content (AvgIpc) is 2.85. The Labute approximate surface area is 206 Å². The van der Waals surface area contributed by atoms with Crippen molar-refractivity contribution in [3.05, 3.63) is 101 Å². The summed E-state index contributed by atoms with van der Waals surface area (Å²) in [7, 11) is 0. The quantitative estimate of drug-likeness (QED) is 0.475. The Kier molecular flexibility index (Phi) is 7.31. The zero-order valence-electron chi connectivity index (χ0n) is 18.6. The van der Waals surface area contributed by atoms with Gasteiger partial charge in [-0.3, -0.25) is 4.79 Å². The van der Waals surface area contributed by atoms with Crippen LogP contribution in [0.3, 0.4) is 0 Å². The van der Waals surface area contributed by atoms with E-state index in [-0.39, 0.29) is 36.1 Å². The monoisotopic (exact) mass is 501 g/mol. The number of carbonyl (C=O) groups excluding carboxylic acids is 2. The van der Waals surface area contributed by atoms with E-state index in [1.165, 1.54) is 4.90 Å². The number of halogens is 4. The zero-order valence-corrected chi connectivity index (χ0v) is 19.4. The summed E-state index contributed by atoms with van der Waals surface area (Å²) >= 11 is 6.07. The van der Waals surface area contributed by atoms with Gasteiger partial charge < -0.3 is 15.1 Å². The standard InChI is InChI=1S/C26H23ClF3N3O2/c27-21-12-11-20(26(28,29)30)16-22(21)31-25(35)33-14-13-32(17-23(33)19-9-5-2-6-10-19)24(34)15-18-7-3-1-4-8-18/h1-12,16,23H,13-15,17H2,(H,31,35). The van der Waals surface area contributed by atoms with Crippen LogP contribution in [-0.4, -0.2) is 41.4 Å². The predicted molar refractivity (Wildman–Crippen MR) is 128 cm³/mol. The van der Waals surface area contributed by atoms with Crippen molar-refractivity contribution in [1.82, 2.24) is 9.80 Å². The number of nitrogens with zero attached hydrogens (tertiary/aromatic N) is 2. The van der Waals surface area contributed by atoms with Crippen molar-refractivity contribution in [1.29, 1.82) is 0 Å². The highest BCUT2D eigenvalue weighted by molar-refractivity contribution is 6.33. The molecule has 0 aliphatic carbocycles. The number of anilines is 1. The number of hydrogen-bond donors (Lipinski definition) is 1. The van der Waals surface area contributed by atoms with Crippen LogP contribution in [0.25, 0.3) is 0 Å². The van der Waals surface area contributed by atoms with Crippen LogP contribution in [0.5, 0.6) is 0 Å². The van der Waals surface area contributed by atoms with Gasteiger partial charge in [-0.1, -0.05) is 72.3 Å². The molecule has 4 rings (SSSR count). The number of rotatable bonds is 4. The smallest absolute Gasteiger partial charge is 0.338 e. The fraction of sp³-hybridized carbons (Fsp3) is 0.231. The SMILES string of the molecule is O=C(Cc1ccccc1)N1CCN(C(=O)Nc2cc(C(F)(F)F)ccc2Cl)C(c2ccccc2)C1. The third-order valence-electron chi connectivity index (χ3n) is 5.91. The number of hydrogen-bond acceptors (Lipinski definition) is 2. The fourth-order valence-corrected chi connectivity index (χ4v) is 4.24. The zero-order chi connectivity index (χ0) is 25.0. The minimum atomic E-state index is -4.57. The van der Waals surface area contributed by atoms with E-state index in [1.807, 2.05) is 60.7 Å². The molecule has 0 aromatic heterocycles. The normalized spacial score (nSPS) is 16.2. The lowest BCUT2D eigenvalue weighted by Gasteiger charge is -2.41. The molecule has 1 unspecified atom stereocenters. The topological polar surface area (TPSA) is 52.7 Å². The van der Waals surface area contributed by atoms with E-state index in [9.17, 15) is 22.8 Å². The van der Waals surface area contributed by atoms with Crippen LogP contribution in [0.2, 0.25) is 5.02 Å². The molecule has 1 atom stereocenters. The molecule has 1 heterocycles. The molecule has 3 aromatic carbocycles. The highest BCUT2D eigenvalue weighted by Gasteiger charge is 2.35. The molecule has 35 heavy (non-hydrogen) atoms. The summed E-state index contributed by atoms with van der Waals surface area (Å²) in [5, 5.41) is 2.53. The van der Waals surface area contributed by atoms with Crippen molar-refractivity contribution in [2.45, 2.75) is 18.6 Å². The molecule has 1 fully saturated rings. The van der Waals surface area contributed by atoms with Crippen LogP contribution >= 0.6 is 11.6 Å². The molecule has 182 valence electrons. The molecule has 3 aromatic rings. The first-order chi connectivity index (χ1) is 16.7. The maximum absolute atomic E-state index is 13.2. The summed E-state index contributed by atoms with van der Waals surface area (Å²) < 4.78 is 39.4. The molecular formula is C26H23ClF3N3O2. The molecule has 1 N–H and O–H groups in total. The molecule has 5 nitrogen and oxygen atoms in total. The first-order valence-electron chi connectivity index (χ1n) is 11.0. The Morgan fingerprint density at radius 3 is 2.26 bits per heavy atom. The second kappa shape index (κ2) is 10.4. The van der Waals surface area contributed by atoms with Crippen molar-refractivity contribution in [3.8, 4) is 0 Å². The van der Waals surface area contributed by atoms with Gasteiger partial charge in [-0.05, 0) is 29.3 Å². The summed E-state index contributed by atoms with van der Waals surface area (Å²) in [5.74, 6) is -0.0573. The van der Waals surface area contributed by atoms with Crippen LogP contribution in [0.4, 0.5) is 23.7 Å². The van der Waals surface area contributed by atoms with Gasteiger partial charge in [0, 0.05) is 19.6 Å². The fourth-order valence-electron chi connectivity index (χ4n) is 4.08. The largest absolute Gasteiger partial charge is 0.416 e. The lowest BCUT2D eigenvalue weighted by atomic mass is 10.0. The van der Waals surface area contributed by atoms with Crippen LogP contribution in [0.1, 0.15) is 22.7 Å². The third kappa shape index (κ3) is 5.95. The lowest BCUT2D eigenvalue weighted by Crippen LogP contribution is -2.53. The molecule has 0 saturated carbocycles. The summed E-state index contributed by atoms with van der Waals surface area (Å²) in [4.78, 5) is 29.4. The minimum Gasteiger partial charge on any atom is -0.338 e. The summed E-state index contributed by atoms with van der Waals surface area (Å²) in [6.07, 6.45) is -4.32. The maximum Gasteiger partial charge on any atom is 0.416 e. The van der Waals surface area contributed by atoms with E-state index in [0.717, 1.165) is 29.3 Å². The van der Waals surface area contributed by atoms with Crippen molar-refractivity contribution >= 4 is 29.2 Å². The van der Waals surface area contributed by atoms with Crippen LogP contribution in [-0.2, 0) is 17.4 Å². The Morgan fingerprint density at radius 2 is 1.60 bits per heavy atom. The predicted octanol–water partition coefficient (Wildman–Crippen LogP) is 6.02. The minimum absolute atomic E-state index is 0.000661. The second-order valence-corrected chi connectivity index (χ2v) is 8.65. The van der Waals surface area contributed by atoms with Crippen LogP contribution in [0.15, 0.2) is 78.9 Å². The van der Waals surface area contributed by atoms with E-state index in [4.69, 9.17) is 11.6 Å². The van der Waals surface area contributed by atoms with E-state index in [0.29, 0.717) is 6.54 Å². The van der Waals surface area contributed by atoms with Gasteiger partial charge in [-0.25, -0.2) is 4.79 Å². The van der Waals surface area contributed by atoms with Gasteiger partial charge in [-0.2, -0.15) is 13.2 Å². The van der Waals surface area contributed by atoms with Gasteiger partial charge >= 0.3 is 12.2 Å². The van der Waals surface area contributed by atoms with Gasteiger partial charge in [0.25, 0.3) is 0 Å². The van der Waals surface area contributed by atoms with Gasteiger partial charge in [0.2, 0.25) is 5.91 Å². The summed E-state index contributed by atoms with van der Waals surface area (Å²) in [6.45, 7) is 0.778. The molecule has 0 spiro atoms. The van der Waals surface area contributed by atoms with Gasteiger partial charge in [0.15, 0.2) is 0 Å². The van der Waals surface area contributed by atoms with Gasteiger partial charge in [0.1, 0.15) is 0 Å². The maximum atomic E-state index is 13.2. The average molecular weight is 502 g/mol. The summed E-state index contributed by atoms with van der Waals surface area (Å²) in [5.41, 5.74) is 0.678. The Bertz CT molecular complexity index is 1190. The first kappa shape index (κ1) is 24.6. The molecule has 1 saturated heterocycles. The van der Waals surface area contributed by atoms with Crippen molar-refractivity contribution in [3.63, 3.8) is 0 Å². The van der Waals surface area contributed by atoms with E-state index >= 15 is 0 Å². The molecule has 3 amide bonds. The highest BCUT2D eigenvalue weighted by atomic mass is 35.5. The number of benzene rings is 3. The molecule has 0 bridgehead atoms.